The van der Waals surface area contributed by atoms with Gasteiger partial charge in [-0.05, 0) is 73.4 Å². The van der Waals surface area contributed by atoms with E-state index in [1.54, 1.807) is 12.1 Å². The summed E-state index contributed by atoms with van der Waals surface area (Å²) < 4.78 is 12.4. The predicted octanol–water partition coefficient (Wildman–Crippen LogP) is 6.96. The van der Waals surface area contributed by atoms with Crippen molar-refractivity contribution in [3.05, 3.63) is 52.5 Å². The number of amides is 1. The Labute approximate surface area is 205 Å². The van der Waals surface area contributed by atoms with Crippen molar-refractivity contribution in [1.29, 1.82) is 0 Å². The molecular formula is C25H33BrN2O3S. The number of carbonyl (C=O) groups is 1. The molecule has 0 unspecified atom stereocenters. The average Bonchev–Trinajstić information content (AvgIpc) is 2.75. The lowest BCUT2D eigenvalue weighted by Crippen LogP contribution is -2.34. The van der Waals surface area contributed by atoms with Gasteiger partial charge in [0.15, 0.2) is 5.11 Å². The summed E-state index contributed by atoms with van der Waals surface area (Å²) in [6.45, 7) is 7.78. The number of unbranched alkanes of at least 4 members (excludes halogenated alkanes) is 3. The van der Waals surface area contributed by atoms with Crippen LogP contribution in [0, 0.1) is 5.92 Å². The van der Waals surface area contributed by atoms with E-state index in [2.05, 4.69) is 47.3 Å². The zero-order valence-corrected chi connectivity index (χ0v) is 21.5. The van der Waals surface area contributed by atoms with Gasteiger partial charge in [-0.3, -0.25) is 10.1 Å². The number of ether oxygens (including phenoxy) is 2. The van der Waals surface area contributed by atoms with Crippen molar-refractivity contribution in [2.24, 2.45) is 5.92 Å². The smallest absolute Gasteiger partial charge is 0.261 e. The van der Waals surface area contributed by atoms with E-state index in [1.807, 2.05) is 30.3 Å². The molecule has 2 aromatic rings. The predicted molar refractivity (Wildman–Crippen MR) is 139 cm³/mol. The van der Waals surface area contributed by atoms with Gasteiger partial charge in [0.05, 0.1) is 18.8 Å². The van der Waals surface area contributed by atoms with Gasteiger partial charge in [-0.25, -0.2) is 0 Å². The van der Waals surface area contributed by atoms with Gasteiger partial charge in [0, 0.05) is 10.2 Å². The molecule has 0 atom stereocenters. The molecule has 0 radical (unpaired) electrons. The Kier molecular flexibility index (Phi) is 11.5. The normalized spacial score (nSPS) is 10.7. The minimum absolute atomic E-state index is 0.220. The highest BCUT2D eigenvalue weighted by atomic mass is 79.9. The minimum Gasteiger partial charge on any atom is -0.494 e. The number of hydrogen-bond donors (Lipinski definition) is 2. The summed E-state index contributed by atoms with van der Waals surface area (Å²) in [4.78, 5) is 12.8. The standard InChI is InChI=1S/C25H33BrN2O3S/c1-4-5-6-7-15-31-23-13-8-19(26)17-22(23)24(29)28-25(32)27-20-9-11-21(12-10-20)30-16-14-18(2)3/h8-13,17-18H,4-7,14-16H2,1-3H3,(H2,27,28,29,32). The third kappa shape index (κ3) is 9.57. The van der Waals surface area contributed by atoms with Gasteiger partial charge >= 0.3 is 0 Å². The van der Waals surface area contributed by atoms with Crippen LogP contribution in [0.3, 0.4) is 0 Å². The van der Waals surface area contributed by atoms with Crippen molar-refractivity contribution < 1.29 is 14.3 Å². The van der Waals surface area contributed by atoms with Crippen LogP contribution >= 0.6 is 28.1 Å². The molecule has 0 aromatic heterocycles. The van der Waals surface area contributed by atoms with Crippen molar-refractivity contribution in [3.8, 4) is 11.5 Å². The second-order valence-electron chi connectivity index (χ2n) is 8.01. The van der Waals surface area contributed by atoms with Crippen LogP contribution < -0.4 is 20.1 Å². The van der Waals surface area contributed by atoms with Crippen molar-refractivity contribution in [1.82, 2.24) is 5.32 Å². The van der Waals surface area contributed by atoms with E-state index >= 15 is 0 Å². The van der Waals surface area contributed by atoms with Crippen LogP contribution in [0.1, 0.15) is 63.2 Å². The third-order valence-electron chi connectivity index (χ3n) is 4.74. The summed E-state index contributed by atoms with van der Waals surface area (Å²) in [6.07, 6.45) is 5.44. The maximum atomic E-state index is 12.8. The molecule has 2 aromatic carbocycles. The van der Waals surface area contributed by atoms with E-state index in [0.717, 1.165) is 35.2 Å². The lowest BCUT2D eigenvalue weighted by Gasteiger charge is -2.14. The molecule has 2 N–H and O–H groups in total. The van der Waals surface area contributed by atoms with Crippen LogP contribution in [0.4, 0.5) is 5.69 Å². The SMILES string of the molecule is CCCCCCOc1ccc(Br)cc1C(=O)NC(=S)Nc1ccc(OCCC(C)C)cc1. The number of anilines is 1. The van der Waals surface area contributed by atoms with Gasteiger partial charge in [0.1, 0.15) is 11.5 Å². The topological polar surface area (TPSA) is 59.6 Å². The Morgan fingerprint density at radius 1 is 1.03 bits per heavy atom. The largest absolute Gasteiger partial charge is 0.494 e. The number of carbonyl (C=O) groups excluding carboxylic acids is 1. The van der Waals surface area contributed by atoms with E-state index in [1.165, 1.54) is 12.8 Å². The zero-order valence-electron chi connectivity index (χ0n) is 19.1. The third-order valence-corrected chi connectivity index (χ3v) is 5.44. The summed E-state index contributed by atoms with van der Waals surface area (Å²) in [7, 11) is 0. The number of nitrogens with one attached hydrogen (secondary N) is 2. The molecule has 7 heteroatoms. The number of hydrogen-bond acceptors (Lipinski definition) is 4. The Balaban J connectivity index is 1.90. The second-order valence-corrected chi connectivity index (χ2v) is 9.34. The highest BCUT2D eigenvalue weighted by molar-refractivity contribution is 9.10. The molecule has 0 saturated heterocycles. The van der Waals surface area contributed by atoms with E-state index in [0.29, 0.717) is 30.4 Å². The maximum absolute atomic E-state index is 12.8. The molecule has 174 valence electrons. The molecule has 2 rings (SSSR count). The van der Waals surface area contributed by atoms with Crippen molar-refractivity contribution >= 4 is 44.9 Å². The number of thiocarbonyl (C=S) groups is 1. The van der Waals surface area contributed by atoms with Crippen LogP contribution in [0.2, 0.25) is 0 Å². The van der Waals surface area contributed by atoms with E-state index < -0.39 is 0 Å². The summed E-state index contributed by atoms with van der Waals surface area (Å²) in [5.74, 6) is 1.64. The number of rotatable bonds is 12. The molecular weight excluding hydrogens is 488 g/mol. The molecule has 1 amide bonds. The van der Waals surface area contributed by atoms with Crippen molar-refractivity contribution in [2.75, 3.05) is 18.5 Å². The first-order chi connectivity index (χ1) is 15.4. The van der Waals surface area contributed by atoms with Gasteiger partial charge in [0.25, 0.3) is 5.91 Å². The van der Waals surface area contributed by atoms with E-state index in [9.17, 15) is 4.79 Å². The summed E-state index contributed by atoms with van der Waals surface area (Å²) in [6, 6.07) is 12.9. The van der Waals surface area contributed by atoms with Gasteiger partial charge in [-0.2, -0.15) is 0 Å². The zero-order chi connectivity index (χ0) is 23.3. The van der Waals surface area contributed by atoms with E-state index in [-0.39, 0.29) is 11.0 Å². The Hall–Kier alpha value is -2.12. The van der Waals surface area contributed by atoms with E-state index in [4.69, 9.17) is 21.7 Å². The van der Waals surface area contributed by atoms with Crippen LogP contribution in [0.5, 0.6) is 11.5 Å². The second kappa shape index (κ2) is 14.1. The summed E-state index contributed by atoms with van der Waals surface area (Å²) in [5.41, 5.74) is 1.21. The highest BCUT2D eigenvalue weighted by Crippen LogP contribution is 2.24. The Bertz CT molecular complexity index is 872. The van der Waals surface area contributed by atoms with Crippen LogP contribution in [0.25, 0.3) is 0 Å². The first-order valence-corrected chi connectivity index (χ1v) is 12.4. The van der Waals surface area contributed by atoms with Crippen LogP contribution in [-0.4, -0.2) is 24.2 Å². The average molecular weight is 522 g/mol. The van der Waals surface area contributed by atoms with Gasteiger partial charge in [-0.15, -0.1) is 0 Å². The molecule has 0 spiro atoms. The monoisotopic (exact) mass is 520 g/mol. The first kappa shape index (κ1) is 26.1. The number of halogens is 1. The van der Waals surface area contributed by atoms with Crippen molar-refractivity contribution in [2.45, 2.75) is 52.9 Å². The molecule has 0 saturated carbocycles. The van der Waals surface area contributed by atoms with Crippen LogP contribution in [0.15, 0.2) is 46.9 Å². The fourth-order valence-electron chi connectivity index (χ4n) is 2.90. The Morgan fingerprint density at radius 2 is 1.78 bits per heavy atom. The molecule has 0 fully saturated rings. The lowest BCUT2D eigenvalue weighted by molar-refractivity contribution is 0.0973. The molecule has 0 bridgehead atoms. The fourth-order valence-corrected chi connectivity index (χ4v) is 3.47. The summed E-state index contributed by atoms with van der Waals surface area (Å²) in [5, 5.41) is 5.99. The quantitative estimate of drug-likeness (QED) is 0.234. The fraction of sp³-hybridized carbons (Fsp3) is 0.440. The lowest BCUT2D eigenvalue weighted by atomic mass is 10.1. The van der Waals surface area contributed by atoms with Gasteiger partial charge in [0.2, 0.25) is 0 Å². The molecule has 32 heavy (non-hydrogen) atoms. The summed E-state index contributed by atoms with van der Waals surface area (Å²) >= 11 is 8.75. The molecule has 0 aliphatic heterocycles. The first-order valence-electron chi connectivity index (χ1n) is 11.2. The number of benzene rings is 2. The molecule has 0 aliphatic carbocycles. The Morgan fingerprint density at radius 3 is 2.47 bits per heavy atom. The molecule has 0 aliphatic rings. The molecule has 0 heterocycles. The van der Waals surface area contributed by atoms with Gasteiger partial charge in [-0.1, -0.05) is 56.0 Å². The van der Waals surface area contributed by atoms with Crippen molar-refractivity contribution in [3.63, 3.8) is 0 Å². The van der Waals surface area contributed by atoms with Crippen LogP contribution in [-0.2, 0) is 0 Å². The molecule has 5 nitrogen and oxygen atoms in total. The minimum atomic E-state index is -0.319. The maximum Gasteiger partial charge on any atom is 0.261 e. The highest BCUT2D eigenvalue weighted by Gasteiger charge is 2.15. The van der Waals surface area contributed by atoms with Gasteiger partial charge < -0.3 is 14.8 Å².